The van der Waals surface area contributed by atoms with Gasteiger partial charge in [0.2, 0.25) is 0 Å². The average Bonchev–Trinajstić information content (AvgIpc) is 2.75. The summed E-state index contributed by atoms with van der Waals surface area (Å²) >= 11 is 9.39. The molecule has 3 rings (SSSR count). The molecule has 0 saturated heterocycles. The molecule has 0 radical (unpaired) electrons. The second-order valence-corrected chi connectivity index (χ2v) is 7.14. The fraction of sp³-hybridized carbons (Fsp3) is 0.0952. The maximum atomic E-state index is 12.0. The number of amides is 1. The van der Waals surface area contributed by atoms with E-state index in [1.807, 2.05) is 24.3 Å². The summed E-state index contributed by atoms with van der Waals surface area (Å²) in [4.78, 5) is 16.0. The first-order valence-electron chi connectivity index (χ1n) is 8.56. The molecule has 1 heterocycles. The maximum absolute atomic E-state index is 12.0. The molecular formula is C21H17BrClN3O3. The second kappa shape index (κ2) is 10.0. The Hall–Kier alpha value is -2.90. The molecule has 0 spiro atoms. The van der Waals surface area contributed by atoms with Gasteiger partial charge in [-0.05, 0) is 57.9 Å². The minimum Gasteiger partial charge on any atom is -0.493 e. The van der Waals surface area contributed by atoms with E-state index in [0.717, 1.165) is 10.0 Å². The summed E-state index contributed by atoms with van der Waals surface area (Å²) in [7, 11) is 1.56. The molecule has 0 atom stereocenters. The fourth-order valence-electron chi connectivity index (χ4n) is 2.38. The van der Waals surface area contributed by atoms with Crippen LogP contribution in [0.4, 0.5) is 0 Å². The molecule has 0 aliphatic rings. The number of pyridine rings is 1. The monoisotopic (exact) mass is 473 g/mol. The Morgan fingerprint density at radius 1 is 1.21 bits per heavy atom. The van der Waals surface area contributed by atoms with Gasteiger partial charge in [0.25, 0.3) is 5.91 Å². The van der Waals surface area contributed by atoms with E-state index >= 15 is 0 Å². The van der Waals surface area contributed by atoms with Gasteiger partial charge in [0.1, 0.15) is 12.3 Å². The Balaban J connectivity index is 1.68. The van der Waals surface area contributed by atoms with Crippen molar-refractivity contribution in [1.29, 1.82) is 0 Å². The van der Waals surface area contributed by atoms with Crippen molar-refractivity contribution in [2.24, 2.45) is 5.10 Å². The topological polar surface area (TPSA) is 72.8 Å². The lowest BCUT2D eigenvalue weighted by Crippen LogP contribution is -2.18. The number of halogens is 2. The van der Waals surface area contributed by atoms with Crippen LogP contribution >= 0.6 is 27.5 Å². The number of benzene rings is 2. The summed E-state index contributed by atoms with van der Waals surface area (Å²) in [6.45, 7) is 0.369. The molecule has 1 aromatic heterocycles. The molecule has 1 amide bonds. The molecule has 0 fully saturated rings. The molecule has 0 unspecified atom stereocenters. The molecule has 0 saturated carbocycles. The lowest BCUT2D eigenvalue weighted by molar-refractivity contribution is 0.0950. The minimum atomic E-state index is -0.396. The van der Waals surface area contributed by atoms with Crippen molar-refractivity contribution in [1.82, 2.24) is 10.4 Å². The number of hydrazone groups is 1. The van der Waals surface area contributed by atoms with Crippen LogP contribution in [0.25, 0.3) is 0 Å². The van der Waals surface area contributed by atoms with Crippen LogP contribution in [0.3, 0.4) is 0 Å². The van der Waals surface area contributed by atoms with Crippen LogP contribution < -0.4 is 14.9 Å². The van der Waals surface area contributed by atoms with Crippen LogP contribution in [0.15, 0.2) is 70.4 Å². The Bertz CT molecular complexity index is 1010. The smallest absolute Gasteiger partial charge is 0.289 e. The van der Waals surface area contributed by atoms with Crippen LogP contribution in [-0.2, 0) is 6.61 Å². The van der Waals surface area contributed by atoms with E-state index in [4.69, 9.17) is 21.1 Å². The van der Waals surface area contributed by atoms with Crippen LogP contribution in [0.5, 0.6) is 11.5 Å². The van der Waals surface area contributed by atoms with Gasteiger partial charge in [-0.2, -0.15) is 5.10 Å². The van der Waals surface area contributed by atoms with Gasteiger partial charge in [-0.1, -0.05) is 29.8 Å². The van der Waals surface area contributed by atoms with Crippen molar-refractivity contribution in [3.8, 4) is 11.5 Å². The predicted molar refractivity (Wildman–Crippen MR) is 116 cm³/mol. The van der Waals surface area contributed by atoms with E-state index < -0.39 is 5.91 Å². The number of rotatable bonds is 7. The molecule has 6 nitrogen and oxygen atoms in total. The number of methoxy groups -OCH3 is 1. The molecule has 0 aliphatic carbocycles. The Kier molecular flexibility index (Phi) is 7.21. The third-order valence-electron chi connectivity index (χ3n) is 3.86. The molecule has 2 aromatic carbocycles. The highest BCUT2D eigenvalue weighted by Crippen LogP contribution is 2.33. The summed E-state index contributed by atoms with van der Waals surface area (Å²) in [6.07, 6.45) is 3.05. The van der Waals surface area contributed by atoms with Gasteiger partial charge in [0.05, 0.1) is 13.3 Å². The molecule has 8 heteroatoms. The van der Waals surface area contributed by atoms with Crippen LogP contribution in [0, 0.1) is 0 Å². The number of hydrogen-bond acceptors (Lipinski definition) is 5. The molecule has 148 valence electrons. The summed E-state index contributed by atoms with van der Waals surface area (Å²) < 4.78 is 12.0. The van der Waals surface area contributed by atoms with Crippen molar-refractivity contribution in [3.05, 3.63) is 87.1 Å². The van der Waals surface area contributed by atoms with Crippen LogP contribution in [0.1, 0.15) is 21.6 Å². The molecule has 0 bridgehead atoms. The van der Waals surface area contributed by atoms with E-state index in [9.17, 15) is 4.79 Å². The predicted octanol–water partition coefficient (Wildman–Crippen LogP) is 4.85. The quantitative estimate of drug-likeness (QED) is 0.392. The van der Waals surface area contributed by atoms with Crippen molar-refractivity contribution in [2.75, 3.05) is 7.11 Å². The fourth-order valence-corrected chi connectivity index (χ4v) is 2.93. The highest BCUT2D eigenvalue weighted by molar-refractivity contribution is 9.10. The summed E-state index contributed by atoms with van der Waals surface area (Å²) in [6, 6.07) is 16.0. The third kappa shape index (κ3) is 5.79. The van der Waals surface area contributed by atoms with Gasteiger partial charge < -0.3 is 9.47 Å². The first-order valence-corrected chi connectivity index (χ1v) is 9.73. The number of nitrogens with one attached hydrogen (secondary N) is 1. The number of nitrogens with zero attached hydrogens (tertiary/aromatic N) is 2. The van der Waals surface area contributed by atoms with E-state index in [2.05, 4.69) is 31.4 Å². The minimum absolute atomic E-state index is 0.284. The Morgan fingerprint density at radius 2 is 2.00 bits per heavy atom. The van der Waals surface area contributed by atoms with Gasteiger partial charge in [-0.25, -0.2) is 5.43 Å². The zero-order valence-corrected chi connectivity index (χ0v) is 17.8. The Morgan fingerprint density at radius 3 is 2.69 bits per heavy atom. The van der Waals surface area contributed by atoms with Gasteiger partial charge in [0, 0.05) is 21.3 Å². The summed E-state index contributed by atoms with van der Waals surface area (Å²) in [5.41, 5.74) is 4.42. The van der Waals surface area contributed by atoms with Crippen molar-refractivity contribution < 1.29 is 14.3 Å². The number of carbonyl (C=O) groups excluding carboxylic acids is 1. The number of hydrogen-bond donors (Lipinski definition) is 1. The highest BCUT2D eigenvalue weighted by Gasteiger charge is 2.10. The first-order chi connectivity index (χ1) is 14.1. The number of aromatic nitrogens is 1. The third-order valence-corrected chi connectivity index (χ3v) is 4.80. The van der Waals surface area contributed by atoms with Gasteiger partial charge in [-0.15, -0.1) is 0 Å². The van der Waals surface area contributed by atoms with Gasteiger partial charge in [0.15, 0.2) is 11.5 Å². The standard InChI is InChI=1S/C21H17BrClN3O3/c1-28-19-10-15(12-25-26-21(27)18-4-2-3-9-24-18)17(22)11-20(19)29-13-14-5-7-16(23)8-6-14/h2-12H,13H2,1H3,(H,26,27)/b25-12-. The summed E-state index contributed by atoms with van der Waals surface area (Å²) in [5, 5.41) is 4.66. The van der Waals surface area contributed by atoms with Gasteiger partial charge in [-0.3, -0.25) is 9.78 Å². The van der Waals surface area contributed by atoms with E-state index in [1.165, 1.54) is 6.21 Å². The molecular weight excluding hydrogens is 458 g/mol. The first kappa shape index (κ1) is 20.8. The number of carbonyl (C=O) groups is 1. The molecule has 0 aliphatic heterocycles. The van der Waals surface area contributed by atoms with Crippen LogP contribution in [-0.4, -0.2) is 24.2 Å². The number of ether oxygens (including phenoxy) is 2. The maximum Gasteiger partial charge on any atom is 0.289 e. The SMILES string of the molecule is COc1cc(/C=N\NC(=O)c2ccccn2)c(Br)cc1OCc1ccc(Cl)cc1. The highest BCUT2D eigenvalue weighted by atomic mass is 79.9. The zero-order chi connectivity index (χ0) is 20.6. The second-order valence-electron chi connectivity index (χ2n) is 5.85. The molecule has 3 aromatic rings. The normalized spacial score (nSPS) is 10.7. The van der Waals surface area contributed by atoms with Crippen molar-refractivity contribution in [3.63, 3.8) is 0 Å². The zero-order valence-electron chi connectivity index (χ0n) is 15.4. The van der Waals surface area contributed by atoms with Gasteiger partial charge >= 0.3 is 0 Å². The largest absolute Gasteiger partial charge is 0.493 e. The Labute approximate surface area is 181 Å². The average molecular weight is 475 g/mol. The van der Waals surface area contributed by atoms with Crippen molar-refractivity contribution >= 4 is 39.7 Å². The lowest BCUT2D eigenvalue weighted by Gasteiger charge is -2.13. The summed E-state index contributed by atoms with van der Waals surface area (Å²) in [5.74, 6) is 0.719. The van der Waals surface area contributed by atoms with E-state index in [0.29, 0.717) is 28.7 Å². The lowest BCUT2D eigenvalue weighted by atomic mass is 10.2. The van der Waals surface area contributed by atoms with Crippen LogP contribution in [0.2, 0.25) is 5.02 Å². The van der Waals surface area contributed by atoms with Crippen molar-refractivity contribution in [2.45, 2.75) is 6.61 Å². The molecule has 1 N–H and O–H groups in total. The van der Waals surface area contributed by atoms with E-state index in [1.54, 1.807) is 43.6 Å². The molecule has 29 heavy (non-hydrogen) atoms. The van der Waals surface area contributed by atoms with E-state index in [-0.39, 0.29) is 5.69 Å².